The zero-order chi connectivity index (χ0) is 29.7. The van der Waals surface area contributed by atoms with Gasteiger partial charge in [0.15, 0.2) is 14.1 Å². The molecule has 2 aromatic carbocycles. The summed E-state index contributed by atoms with van der Waals surface area (Å²) in [5.41, 5.74) is 1.83. The van der Waals surface area contributed by atoms with Crippen molar-refractivity contribution >= 4 is 49.4 Å². The molecule has 1 aliphatic heterocycles. The van der Waals surface area contributed by atoms with E-state index in [9.17, 15) is 9.90 Å². The number of rotatable bonds is 3. The second-order valence-corrected chi connectivity index (χ2v) is 24.9. The van der Waals surface area contributed by atoms with E-state index in [-0.39, 0.29) is 27.3 Å². The molecule has 0 fully saturated rings. The second kappa shape index (κ2) is 9.31. The van der Waals surface area contributed by atoms with Crippen LogP contribution in [-0.4, -0.2) is 41.0 Å². The van der Waals surface area contributed by atoms with Gasteiger partial charge in [-0.1, -0.05) is 62.3 Å². The van der Waals surface area contributed by atoms with Crippen LogP contribution in [0.25, 0.3) is 10.8 Å². The number of hydrogen-bond acceptors (Lipinski definition) is 6. The molecule has 0 unspecified atom stereocenters. The van der Waals surface area contributed by atoms with E-state index in [4.69, 9.17) is 18.0 Å². The van der Waals surface area contributed by atoms with Crippen LogP contribution < -0.4 is 13.6 Å². The van der Waals surface area contributed by atoms with E-state index < -0.39 is 29.1 Å². The van der Waals surface area contributed by atoms with Gasteiger partial charge < -0.3 is 23.1 Å². The minimum atomic E-state index is -3.14. The zero-order valence-electron chi connectivity index (χ0n) is 25.8. The van der Waals surface area contributed by atoms with Gasteiger partial charge in [-0.05, 0) is 52.6 Å². The number of hydrogen-bond donors (Lipinski definition) is 1. The van der Waals surface area contributed by atoms with Gasteiger partial charge in [0.25, 0.3) is 0 Å². The molecule has 2 aliphatic rings. The molecule has 6 nitrogen and oxygen atoms in total. The molecule has 1 heterocycles. The van der Waals surface area contributed by atoms with Crippen molar-refractivity contribution in [2.24, 2.45) is 0 Å². The maximum atomic E-state index is 14.5. The van der Waals surface area contributed by atoms with Crippen LogP contribution in [0.15, 0.2) is 10.5 Å². The first-order chi connectivity index (χ1) is 17.6. The molecule has 2 aromatic rings. The van der Waals surface area contributed by atoms with Gasteiger partial charge in [-0.25, -0.2) is 0 Å². The van der Waals surface area contributed by atoms with Gasteiger partial charge in [-0.15, -0.1) is 0 Å². The van der Waals surface area contributed by atoms with Crippen LogP contribution in [0.4, 0.5) is 0 Å². The molecule has 0 spiro atoms. The summed E-state index contributed by atoms with van der Waals surface area (Å²) in [4.78, 5) is 14.5. The van der Waals surface area contributed by atoms with Crippen LogP contribution in [0.1, 0.15) is 96.3 Å². The predicted octanol–water partition coefficient (Wildman–Crippen LogP) is 8.74. The summed E-state index contributed by atoms with van der Waals surface area (Å²) in [6, 6.07) is 2.01. The fourth-order valence-corrected chi connectivity index (χ4v) is 12.2. The van der Waals surface area contributed by atoms with Crippen molar-refractivity contribution in [2.75, 3.05) is 7.11 Å². The highest BCUT2D eigenvalue weighted by molar-refractivity contribution is 9.10. The molecule has 0 aromatic heterocycles. The highest BCUT2D eigenvalue weighted by atomic mass is 79.9. The number of aliphatic hydroxyl groups is 1. The minimum absolute atomic E-state index is 0.0890. The minimum Gasteiger partial charge on any atom is -0.510 e. The van der Waals surface area contributed by atoms with Gasteiger partial charge in [0.2, 0.25) is 0 Å². The lowest BCUT2D eigenvalue weighted by Crippen LogP contribution is -2.63. The molecule has 4 rings (SSSR count). The van der Waals surface area contributed by atoms with Crippen molar-refractivity contribution in [2.45, 2.75) is 116 Å². The summed E-state index contributed by atoms with van der Waals surface area (Å²) in [6.45, 7) is 25.6. The summed E-state index contributed by atoms with van der Waals surface area (Å²) in [6.07, 6.45) is -1.53. The Morgan fingerprint density at radius 3 is 2.05 bits per heavy atom. The number of carbonyl (C=O) groups is 1. The van der Waals surface area contributed by atoms with Crippen LogP contribution in [0.5, 0.6) is 17.2 Å². The van der Waals surface area contributed by atoms with Gasteiger partial charge in [0.05, 0.1) is 28.6 Å². The summed E-state index contributed by atoms with van der Waals surface area (Å²) in [5, 5.41) is 12.3. The number of halogens is 1. The third kappa shape index (κ3) is 4.51. The average Bonchev–Trinajstić information content (AvgIpc) is 2.77. The van der Waals surface area contributed by atoms with Gasteiger partial charge >= 0.3 is 8.56 Å². The Hall–Kier alpha value is -1.40. The number of ether oxygens (including phenoxy) is 1. The first kappa shape index (κ1) is 30.6. The largest absolute Gasteiger partial charge is 0.510 e. The molecule has 0 saturated carbocycles. The lowest BCUT2D eigenvalue weighted by atomic mass is 9.82. The molecule has 216 valence electrons. The topological polar surface area (TPSA) is 74.2 Å². The van der Waals surface area contributed by atoms with Crippen LogP contribution in [0.3, 0.4) is 0 Å². The lowest BCUT2D eigenvalue weighted by molar-refractivity contribution is 0.0506. The molecule has 0 saturated heterocycles. The normalized spacial score (nSPS) is 21.4. The Bertz CT molecular complexity index is 1330. The van der Waals surface area contributed by atoms with Gasteiger partial charge in [-0.2, -0.15) is 0 Å². The maximum Gasteiger partial charge on any atom is 0.471 e. The molecule has 0 radical (unpaired) electrons. The first-order valence-corrected chi connectivity index (χ1v) is 19.3. The number of aryl methyl sites for hydroxylation is 1. The van der Waals surface area contributed by atoms with E-state index in [1.165, 1.54) is 0 Å². The van der Waals surface area contributed by atoms with Gasteiger partial charge in [0, 0.05) is 27.4 Å². The summed E-state index contributed by atoms with van der Waals surface area (Å²) in [7, 11) is -3.88. The van der Waals surface area contributed by atoms with E-state index >= 15 is 0 Å². The molecule has 1 N–H and O–H groups in total. The molecular formula is C30H45BrO6Si2. The van der Waals surface area contributed by atoms with Crippen molar-refractivity contribution in [3.05, 3.63) is 27.2 Å². The van der Waals surface area contributed by atoms with Crippen LogP contribution in [0, 0.1) is 6.92 Å². The summed E-state index contributed by atoms with van der Waals surface area (Å²) in [5.74, 6) is 1.50. The third-order valence-electron chi connectivity index (χ3n) is 8.84. The van der Waals surface area contributed by atoms with E-state index in [1.54, 1.807) is 7.11 Å². The quantitative estimate of drug-likeness (QED) is 0.339. The summed E-state index contributed by atoms with van der Waals surface area (Å²) >= 11 is 3.81. The Kier molecular flexibility index (Phi) is 7.29. The first-order valence-electron chi connectivity index (χ1n) is 13.7. The zero-order valence-corrected chi connectivity index (χ0v) is 29.4. The summed E-state index contributed by atoms with van der Waals surface area (Å²) < 4.78 is 27.6. The molecule has 39 heavy (non-hydrogen) atoms. The lowest BCUT2D eigenvalue weighted by Gasteiger charge is -2.51. The van der Waals surface area contributed by atoms with Crippen molar-refractivity contribution in [1.82, 2.24) is 0 Å². The van der Waals surface area contributed by atoms with Crippen LogP contribution in [-0.2, 0) is 4.43 Å². The van der Waals surface area contributed by atoms with E-state index in [1.807, 2.05) is 13.0 Å². The predicted molar refractivity (Wildman–Crippen MR) is 165 cm³/mol. The highest BCUT2D eigenvalue weighted by Crippen LogP contribution is 2.61. The van der Waals surface area contributed by atoms with E-state index in [0.717, 1.165) is 15.4 Å². The third-order valence-corrected chi connectivity index (χ3v) is 19.2. The number of fused-ring (bicyclic) bond motifs is 2. The fraction of sp³-hybridized carbons (Fsp3) is 0.633. The highest BCUT2D eigenvalue weighted by Gasteiger charge is 2.65. The molecule has 9 heteroatoms. The van der Waals surface area contributed by atoms with Crippen molar-refractivity contribution in [3.8, 4) is 17.2 Å². The second-order valence-electron chi connectivity index (χ2n) is 14.7. The maximum absolute atomic E-state index is 14.5. The molecular weight excluding hydrogens is 592 g/mol. The Morgan fingerprint density at radius 2 is 1.56 bits per heavy atom. The fourth-order valence-electron chi connectivity index (χ4n) is 5.92. The number of carbonyl (C=O) groups excluding carboxylic acids is 1. The Labute approximate surface area is 244 Å². The number of ketones is 1. The number of aliphatic hydroxyl groups excluding tert-OH is 1. The smallest absolute Gasteiger partial charge is 0.471 e. The SMILES string of the molecule is COc1c2c(c3c4c(c(Br)c(C)cc14)O[Si](C(C)(C)C)(C(C)(C)C)O3)C(=O)[C@@H](O[Si](C)(C)C(C)(C)C)C[C@@H]2O. The van der Waals surface area contributed by atoms with Crippen LogP contribution >= 0.6 is 15.9 Å². The van der Waals surface area contributed by atoms with E-state index in [2.05, 4.69) is 91.3 Å². The molecule has 0 bridgehead atoms. The number of Topliss-reactive ketones (excluding diaryl/α,β-unsaturated/α-hetero) is 1. The molecule has 0 amide bonds. The van der Waals surface area contributed by atoms with Gasteiger partial charge in [0.1, 0.15) is 23.4 Å². The monoisotopic (exact) mass is 636 g/mol. The van der Waals surface area contributed by atoms with Gasteiger partial charge in [-0.3, -0.25) is 4.79 Å². The number of methoxy groups -OCH3 is 1. The number of benzene rings is 2. The molecule has 2 atom stereocenters. The standard InChI is InChI=1S/C30H45BrO6Si2/c1-16-14-17-20-26(36-39(29(5,6)7,30(8,9)10)37-27(20)23(16)31)22-21(25(17)34-11)18(32)15-19(24(22)33)35-38(12,13)28(2,3)4/h14,18-19,32H,15H2,1-13H3/t18-,19-/m0/s1. The average molecular weight is 638 g/mol. The Balaban J connectivity index is 2.11. The van der Waals surface area contributed by atoms with E-state index in [0.29, 0.717) is 33.8 Å². The van der Waals surface area contributed by atoms with Crippen molar-refractivity contribution < 1.29 is 27.9 Å². The van der Waals surface area contributed by atoms with Crippen LogP contribution in [0.2, 0.25) is 28.2 Å². The van der Waals surface area contributed by atoms with Crippen molar-refractivity contribution in [3.63, 3.8) is 0 Å². The van der Waals surface area contributed by atoms with Crippen molar-refractivity contribution in [1.29, 1.82) is 0 Å². The Morgan fingerprint density at radius 1 is 1.03 bits per heavy atom. The molecule has 1 aliphatic carbocycles.